The molecule has 0 aromatic heterocycles. The Balaban J connectivity index is 0.000000302. The van der Waals surface area contributed by atoms with Crippen molar-refractivity contribution in [3.8, 4) is 0 Å². The van der Waals surface area contributed by atoms with Crippen molar-refractivity contribution < 1.29 is 19.8 Å². The minimum atomic E-state index is -1.13. The van der Waals surface area contributed by atoms with Gasteiger partial charge in [0.05, 0.1) is 17.3 Å². The molecule has 4 rings (SSSR count). The summed E-state index contributed by atoms with van der Waals surface area (Å²) in [5.41, 5.74) is 11.5. The van der Waals surface area contributed by atoms with Gasteiger partial charge in [-0.05, 0) is 37.0 Å². The SMILES string of the molecule is C1CCCCCCCCC1.C1CCCCCCCCC1.NC(N)C1CCCCCCCCC1.O=C(O)c1cccc(C(=O)O)c1. The number of carboxylic acids is 2. The maximum absolute atomic E-state index is 10.4. The van der Waals surface area contributed by atoms with Crippen molar-refractivity contribution in [2.75, 3.05) is 0 Å². The highest BCUT2D eigenvalue weighted by Gasteiger charge is 2.14. The minimum Gasteiger partial charge on any atom is -0.478 e. The van der Waals surface area contributed by atoms with Crippen molar-refractivity contribution in [3.05, 3.63) is 35.4 Å². The highest BCUT2D eigenvalue weighted by Crippen LogP contribution is 2.22. The van der Waals surface area contributed by atoms with Crippen LogP contribution in [0.3, 0.4) is 0 Å². The Kier molecular flexibility index (Phi) is 26.9. The van der Waals surface area contributed by atoms with Crippen LogP contribution in [0.15, 0.2) is 24.3 Å². The average Bonchev–Trinajstić information content (AvgIpc) is 3.06. The van der Waals surface area contributed by atoms with E-state index in [1.807, 2.05) is 0 Å². The molecule has 6 nitrogen and oxygen atoms in total. The monoisotopic (exact) mass is 631 g/mol. The topological polar surface area (TPSA) is 127 Å². The van der Waals surface area contributed by atoms with Crippen LogP contribution in [0.2, 0.25) is 0 Å². The molecule has 1 aromatic carbocycles. The molecule has 0 bridgehead atoms. The van der Waals surface area contributed by atoms with E-state index in [2.05, 4.69) is 0 Å². The number of benzene rings is 1. The van der Waals surface area contributed by atoms with Gasteiger partial charge in [0.15, 0.2) is 0 Å². The molecule has 0 spiro atoms. The zero-order valence-electron chi connectivity index (χ0n) is 28.8. The van der Waals surface area contributed by atoms with Crippen LogP contribution in [0.5, 0.6) is 0 Å². The normalized spacial score (nSPS) is 19.9. The van der Waals surface area contributed by atoms with Crippen molar-refractivity contribution in [2.45, 2.75) is 192 Å². The van der Waals surface area contributed by atoms with Gasteiger partial charge in [-0.15, -0.1) is 0 Å². The van der Waals surface area contributed by atoms with Gasteiger partial charge in [-0.3, -0.25) is 0 Å². The average molecular weight is 631 g/mol. The van der Waals surface area contributed by atoms with Crippen LogP contribution in [0.1, 0.15) is 207 Å². The summed E-state index contributed by atoms with van der Waals surface area (Å²) in [6.45, 7) is 0. The van der Waals surface area contributed by atoms with Crippen LogP contribution in [-0.4, -0.2) is 28.3 Å². The first-order chi connectivity index (χ1) is 21.9. The molecule has 3 saturated carbocycles. The van der Waals surface area contributed by atoms with Gasteiger partial charge in [0.1, 0.15) is 0 Å². The Labute approximate surface area is 276 Å². The van der Waals surface area contributed by atoms with Crippen molar-refractivity contribution in [1.82, 2.24) is 0 Å². The van der Waals surface area contributed by atoms with Crippen molar-refractivity contribution in [1.29, 1.82) is 0 Å². The van der Waals surface area contributed by atoms with Crippen LogP contribution in [0.25, 0.3) is 0 Å². The Bertz CT molecular complexity index is 718. The molecule has 3 aliphatic carbocycles. The summed E-state index contributed by atoms with van der Waals surface area (Å²) < 4.78 is 0. The Morgan fingerprint density at radius 1 is 0.467 bits per heavy atom. The van der Waals surface area contributed by atoms with Crippen LogP contribution >= 0.6 is 0 Å². The first kappa shape index (κ1) is 41.1. The number of hydrogen-bond acceptors (Lipinski definition) is 4. The van der Waals surface area contributed by atoms with Crippen molar-refractivity contribution >= 4 is 11.9 Å². The summed E-state index contributed by atoms with van der Waals surface area (Å²) >= 11 is 0. The number of carboxylic acid groups (broad SMARTS) is 2. The van der Waals surface area contributed by atoms with Gasteiger partial charge in [0, 0.05) is 0 Å². The standard InChI is InChI=1S/C11H24N2.2C10H20.C8H6O4/c12-11(13)10-8-6-4-2-1-3-5-7-9-10;2*1-2-4-6-8-10-9-7-5-3-1;9-7(10)5-2-1-3-6(4-5)8(11)12/h10-11H,1-9,12-13H2;2*1-10H2;1-4H,(H,9,10)(H,11,12). The van der Waals surface area contributed by atoms with Gasteiger partial charge in [-0.1, -0.05) is 179 Å². The summed E-state index contributed by atoms with van der Waals surface area (Å²) in [5.74, 6) is -1.67. The second-order valence-corrected chi connectivity index (χ2v) is 13.7. The second-order valence-electron chi connectivity index (χ2n) is 13.7. The summed E-state index contributed by atoms with van der Waals surface area (Å²) in [6.07, 6.45) is 42.1. The molecule has 260 valence electrons. The molecular formula is C39H70N2O4. The summed E-state index contributed by atoms with van der Waals surface area (Å²) in [7, 11) is 0. The van der Waals surface area contributed by atoms with Gasteiger partial charge in [-0.2, -0.15) is 0 Å². The van der Waals surface area contributed by atoms with Gasteiger partial charge in [-0.25, -0.2) is 9.59 Å². The lowest BCUT2D eigenvalue weighted by atomic mass is 9.90. The van der Waals surface area contributed by atoms with E-state index < -0.39 is 11.9 Å². The molecule has 0 saturated heterocycles. The van der Waals surface area contributed by atoms with E-state index in [0.29, 0.717) is 5.92 Å². The second kappa shape index (κ2) is 29.5. The van der Waals surface area contributed by atoms with E-state index in [-0.39, 0.29) is 17.3 Å². The fourth-order valence-electron chi connectivity index (χ4n) is 6.55. The van der Waals surface area contributed by atoms with Gasteiger partial charge < -0.3 is 21.7 Å². The zero-order valence-corrected chi connectivity index (χ0v) is 28.8. The Hall–Kier alpha value is -1.92. The van der Waals surface area contributed by atoms with E-state index in [1.54, 1.807) is 0 Å². The number of carbonyl (C=O) groups is 2. The fraction of sp³-hybridized carbons (Fsp3) is 0.795. The third-order valence-corrected chi connectivity index (χ3v) is 9.55. The summed E-state index contributed by atoms with van der Waals surface area (Å²) in [4.78, 5) is 20.8. The molecule has 0 heterocycles. The molecule has 6 heteroatoms. The summed E-state index contributed by atoms with van der Waals surface area (Å²) in [5, 5.41) is 17.0. The molecular weight excluding hydrogens is 560 g/mol. The van der Waals surface area contributed by atoms with Crippen LogP contribution in [0.4, 0.5) is 0 Å². The molecule has 0 aliphatic heterocycles. The third-order valence-electron chi connectivity index (χ3n) is 9.55. The molecule has 0 unspecified atom stereocenters. The van der Waals surface area contributed by atoms with Gasteiger partial charge >= 0.3 is 11.9 Å². The lowest BCUT2D eigenvalue weighted by Gasteiger charge is -2.21. The van der Waals surface area contributed by atoms with Crippen molar-refractivity contribution in [2.24, 2.45) is 17.4 Å². The van der Waals surface area contributed by atoms with Crippen LogP contribution in [-0.2, 0) is 0 Å². The smallest absolute Gasteiger partial charge is 0.335 e. The molecule has 45 heavy (non-hydrogen) atoms. The lowest BCUT2D eigenvalue weighted by molar-refractivity contribution is 0.0696. The minimum absolute atomic E-state index is 0.0186. The lowest BCUT2D eigenvalue weighted by Crippen LogP contribution is -2.38. The first-order valence-corrected chi connectivity index (χ1v) is 19.0. The zero-order chi connectivity index (χ0) is 32.8. The quantitative estimate of drug-likeness (QED) is 0.246. The van der Waals surface area contributed by atoms with E-state index in [9.17, 15) is 9.59 Å². The number of aromatic carboxylic acids is 2. The van der Waals surface area contributed by atoms with Crippen LogP contribution in [0, 0.1) is 5.92 Å². The van der Waals surface area contributed by atoms with Crippen molar-refractivity contribution in [3.63, 3.8) is 0 Å². The summed E-state index contributed by atoms with van der Waals surface area (Å²) in [6, 6.07) is 5.20. The Morgan fingerprint density at radius 3 is 0.889 bits per heavy atom. The predicted octanol–water partition coefficient (Wildman–Crippen LogP) is 11.3. The number of rotatable bonds is 3. The van der Waals surface area contributed by atoms with Crippen LogP contribution < -0.4 is 11.5 Å². The maximum atomic E-state index is 10.4. The maximum Gasteiger partial charge on any atom is 0.335 e. The highest BCUT2D eigenvalue weighted by molar-refractivity contribution is 5.93. The Morgan fingerprint density at radius 2 is 0.689 bits per heavy atom. The third kappa shape index (κ3) is 24.9. The predicted molar refractivity (Wildman–Crippen MR) is 190 cm³/mol. The molecule has 0 atom stereocenters. The largest absolute Gasteiger partial charge is 0.478 e. The highest BCUT2D eigenvalue weighted by atomic mass is 16.4. The fourth-order valence-corrected chi connectivity index (χ4v) is 6.55. The van der Waals surface area contributed by atoms with Gasteiger partial charge in [0.25, 0.3) is 0 Å². The molecule has 6 N–H and O–H groups in total. The van der Waals surface area contributed by atoms with E-state index >= 15 is 0 Å². The first-order valence-electron chi connectivity index (χ1n) is 19.0. The molecule has 3 fully saturated rings. The molecule has 3 aliphatic rings. The van der Waals surface area contributed by atoms with E-state index in [4.69, 9.17) is 21.7 Å². The molecule has 1 aromatic rings. The van der Waals surface area contributed by atoms with Gasteiger partial charge in [0.2, 0.25) is 0 Å². The van der Waals surface area contributed by atoms with E-state index in [1.165, 1.54) is 204 Å². The number of hydrogen-bond donors (Lipinski definition) is 4. The molecule has 0 amide bonds. The number of nitrogens with two attached hydrogens (primary N) is 2. The molecule has 0 radical (unpaired) electrons. The van der Waals surface area contributed by atoms with E-state index in [0.717, 1.165) is 6.07 Å².